The second-order valence-corrected chi connectivity index (χ2v) is 9.25. The van der Waals surface area contributed by atoms with Crippen LogP contribution in [-0.4, -0.2) is 75.0 Å². The van der Waals surface area contributed by atoms with E-state index in [1.807, 2.05) is 42.2 Å². The number of pyridine rings is 2. The Labute approximate surface area is 224 Å². The molecule has 220 valence electrons. The number of carbonyl (C=O) groups is 3. The van der Waals surface area contributed by atoms with E-state index in [4.69, 9.17) is 24.5 Å². The molecule has 0 radical (unpaired) electrons. The highest BCUT2D eigenvalue weighted by Crippen LogP contribution is 2.49. The zero-order chi connectivity index (χ0) is 30.1. The first-order valence-corrected chi connectivity index (χ1v) is 11.8. The van der Waals surface area contributed by atoms with E-state index in [9.17, 15) is 31.1 Å². The van der Waals surface area contributed by atoms with Crippen molar-refractivity contribution in [2.75, 3.05) is 19.7 Å². The smallest absolute Gasteiger partial charge is 0.475 e. The number of carbonyl (C=O) groups excluding carboxylic acids is 1. The van der Waals surface area contributed by atoms with E-state index in [0.717, 1.165) is 30.9 Å². The molecule has 2 fully saturated rings. The maximum atomic E-state index is 12.9. The van der Waals surface area contributed by atoms with Crippen LogP contribution in [0.5, 0.6) is 0 Å². The first kappa shape index (κ1) is 32.5. The van der Waals surface area contributed by atoms with Gasteiger partial charge in [-0.05, 0) is 49.9 Å². The number of halogens is 6. The van der Waals surface area contributed by atoms with Crippen molar-refractivity contribution in [3.8, 4) is 0 Å². The summed E-state index contributed by atoms with van der Waals surface area (Å²) in [6.45, 7) is 4.78. The molecule has 0 unspecified atom stereocenters. The van der Waals surface area contributed by atoms with Crippen LogP contribution < -0.4 is 0 Å². The lowest BCUT2D eigenvalue weighted by molar-refractivity contribution is -0.193. The minimum absolute atomic E-state index is 0.0935. The van der Waals surface area contributed by atoms with Gasteiger partial charge in [-0.2, -0.15) is 26.3 Å². The molecular weight excluding hydrogens is 552 g/mol. The molecule has 2 aromatic heterocycles. The summed E-state index contributed by atoms with van der Waals surface area (Å²) in [4.78, 5) is 41.2. The van der Waals surface area contributed by atoms with E-state index in [2.05, 4.69) is 9.97 Å². The number of alkyl halides is 6. The van der Waals surface area contributed by atoms with E-state index in [1.165, 1.54) is 12.8 Å². The quantitative estimate of drug-likeness (QED) is 0.495. The number of hydrogen-bond donors (Lipinski definition) is 2. The summed E-state index contributed by atoms with van der Waals surface area (Å²) in [5.74, 6) is -4.88. The number of hydrogen-bond acceptors (Lipinski definition) is 6. The number of amides is 1. The number of aryl methyl sites for hydroxylation is 1. The largest absolute Gasteiger partial charge is 0.490 e. The lowest BCUT2D eigenvalue weighted by Crippen LogP contribution is -2.34. The number of fused-ring (bicyclic) bond motifs is 1. The topological polar surface area (TPSA) is 130 Å². The number of carboxylic acid groups (broad SMARTS) is 2. The predicted molar refractivity (Wildman–Crippen MR) is 126 cm³/mol. The van der Waals surface area contributed by atoms with E-state index in [-0.39, 0.29) is 11.3 Å². The van der Waals surface area contributed by atoms with E-state index >= 15 is 0 Å². The molecule has 2 atom stereocenters. The van der Waals surface area contributed by atoms with Gasteiger partial charge in [0.15, 0.2) is 0 Å². The van der Waals surface area contributed by atoms with Gasteiger partial charge in [0, 0.05) is 36.6 Å². The van der Waals surface area contributed by atoms with Gasteiger partial charge in [0.05, 0.1) is 24.5 Å². The highest BCUT2D eigenvalue weighted by molar-refractivity contribution is 5.94. The molecule has 9 nitrogen and oxygen atoms in total. The van der Waals surface area contributed by atoms with Gasteiger partial charge >= 0.3 is 24.3 Å². The van der Waals surface area contributed by atoms with Gasteiger partial charge in [-0.15, -0.1) is 0 Å². The van der Waals surface area contributed by atoms with Gasteiger partial charge in [-0.25, -0.2) is 9.59 Å². The zero-order valence-electron chi connectivity index (χ0n) is 21.2. The number of aliphatic carboxylic acids is 2. The fourth-order valence-corrected chi connectivity index (χ4v) is 4.42. The summed E-state index contributed by atoms with van der Waals surface area (Å²) >= 11 is 0. The van der Waals surface area contributed by atoms with Crippen LogP contribution in [0.15, 0.2) is 42.7 Å². The average molecular weight is 579 g/mol. The number of rotatable bonds is 5. The van der Waals surface area contributed by atoms with Crippen LogP contribution in [0, 0.1) is 18.3 Å². The van der Waals surface area contributed by atoms with Crippen molar-refractivity contribution in [2.45, 2.75) is 45.1 Å². The Morgan fingerprint density at radius 1 is 1.02 bits per heavy atom. The van der Waals surface area contributed by atoms with Crippen LogP contribution in [0.1, 0.15) is 41.0 Å². The average Bonchev–Trinajstić information content (AvgIpc) is 3.42. The fourth-order valence-electron chi connectivity index (χ4n) is 4.42. The zero-order valence-corrected chi connectivity index (χ0v) is 21.2. The van der Waals surface area contributed by atoms with Crippen molar-refractivity contribution >= 4 is 17.8 Å². The summed E-state index contributed by atoms with van der Waals surface area (Å²) in [7, 11) is 0. The van der Waals surface area contributed by atoms with Crippen molar-refractivity contribution < 1.29 is 55.7 Å². The summed E-state index contributed by atoms with van der Waals surface area (Å²) in [6.07, 6.45) is -3.14. The lowest BCUT2D eigenvalue weighted by Gasteiger charge is -2.28. The SMILES string of the molecule is Cc1ccc(C(=O)N2C[C@H]3CCC[C@@]3(COCc3ccccn3)C2)cn1.O=C(O)C(F)(F)F.O=C(O)C(F)(F)F. The summed E-state index contributed by atoms with van der Waals surface area (Å²) in [5.41, 5.74) is 2.66. The monoisotopic (exact) mass is 579 g/mol. The molecule has 1 aliphatic carbocycles. The normalized spacial score (nSPS) is 20.0. The molecule has 3 heterocycles. The molecule has 0 spiro atoms. The molecule has 1 saturated carbocycles. The van der Waals surface area contributed by atoms with Crippen molar-refractivity contribution in [3.63, 3.8) is 0 Å². The van der Waals surface area contributed by atoms with Crippen molar-refractivity contribution in [2.24, 2.45) is 11.3 Å². The van der Waals surface area contributed by atoms with E-state index < -0.39 is 24.3 Å². The van der Waals surface area contributed by atoms with E-state index in [1.54, 1.807) is 12.4 Å². The minimum Gasteiger partial charge on any atom is -0.475 e. The molecule has 15 heteroatoms. The van der Waals surface area contributed by atoms with Gasteiger partial charge in [0.25, 0.3) is 5.91 Å². The van der Waals surface area contributed by atoms with Gasteiger partial charge in [-0.3, -0.25) is 14.8 Å². The third kappa shape index (κ3) is 9.47. The molecule has 1 saturated heterocycles. The molecule has 2 aliphatic rings. The Hall–Kier alpha value is -3.75. The maximum absolute atomic E-state index is 12.9. The highest BCUT2D eigenvalue weighted by atomic mass is 19.4. The summed E-state index contributed by atoms with van der Waals surface area (Å²) < 4.78 is 69.5. The van der Waals surface area contributed by atoms with E-state index in [0.29, 0.717) is 24.7 Å². The summed E-state index contributed by atoms with van der Waals surface area (Å²) in [5, 5.41) is 14.2. The van der Waals surface area contributed by atoms with Crippen molar-refractivity contribution in [1.82, 2.24) is 14.9 Å². The molecule has 40 heavy (non-hydrogen) atoms. The van der Waals surface area contributed by atoms with Crippen LogP contribution in [0.25, 0.3) is 0 Å². The standard InChI is InChI=1S/C21H25N3O2.2C2HF3O2/c1-16-7-8-17(11-23-16)20(25)24-12-18-5-4-9-21(18,14-24)15-26-13-19-6-2-3-10-22-19;2*3-2(4,5)1(6)7/h2-3,6-8,10-11,18H,4-5,9,12-15H2,1H3;2*(H,6,7)/t18-,21+;;/m1../s1. The molecule has 1 amide bonds. The second kappa shape index (κ2) is 13.5. The molecule has 1 aliphatic heterocycles. The number of nitrogens with zero attached hydrogens (tertiary/aromatic N) is 3. The number of carboxylic acids is 2. The fraction of sp³-hybridized carbons (Fsp3) is 0.480. The van der Waals surface area contributed by atoms with Crippen LogP contribution in [0.3, 0.4) is 0 Å². The first-order valence-electron chi connectivity index (χ1n) is 11.8. The maximum Gasteiger partial charge on any atom is 0.490 e. The second-order valence-electron chi connectivity index (χ2n) is 9.25. The Morgan fingerprint density at radius 2 is 1.65 bits per heavy atom. The summed E-state index contributed by atoms with van der Waals surface area (Å²) in [6, 6.07) is 9.65. The third-order valence-corrected chi connectivity index (χ3v) is 6.34. The molecular formula is C25H27F6N3O6. The van der Waals surface area contributed by atoms with Crippen LogP contribution in [-0.2, 0) is 20.9 Å². The van der Waals surface area contributed by atoms with Gasteiger partial charge in [0.1, 0.15) is 0 Å². The minimum atomic E-state index is -5.08. The Kier molecular flexibility index (Phi) is 11.0. The van der Waals surface area contributed by atoms with Crippen LogP contribution >= 0.6 is 0 Å². The number of likely N-dealkylation sites (tertiary alicyclic amines) is 1. The Morgan fingerprint density at radius 3 is 2.15 bits per heavy atom. The predicted octanol–water partition coefficient (Wildman–Crippen LogP) is 4.51. The van der Waals surface area contributed by atoms with Crippen molar-refractivity contribution in [3.05, 3.63) is 59.7 Å². The number of aromatic nitrogens is 2. The highest BCUT2D eigenvalue weighted by Gasteiger charge is 2.50. The van der Waals surface area contributed by atoms with Gasteiger partial charge in [-0.1, -0.05) is 12.5 Å². The molecule has 4 rings (SSSR count). The number of ether oxygens (including phenoxy) is 1. The molecule has 0 aromatic carbocycles. The third-order valence-electron chi connectivity index (χ3n) is 6.34. The van der Waals surface area contributed by atoms with Gasteiger partial charge in [0.2, 0.25) is 0 Å². The first-order chi connectivity index (χ1) is 18.5. The molecule has 2 aromatic rings. The lowest BCUT2D eigenvalue weighted by atomic mass is 9.81. The Bertz CT molecular complexity index is 1120. The van der Waals surface area contributed by atoms with Crippen LogP contribution in [0.2, 0.25) is 0 Å². The van der Waals surface area contributed by atoms with Gasteiger partial charge < -0.3 is 19.8 Å². The molecule has 0 bridgehead atoms. The van der Waals surface area contributed by atoms with Crippen molar-refractivity contribution in [1.29, 1.82) is 0 Å². The Balaban J connectivity index is 0.000000333. The van der Waals surface area contributed by atoms with Crippen LogP contribution in [0.4, 0.5) is 26.3 Å². The molecule has 2 N–H and O–H groups in total.